The van der Waals surface area contributed by atoms with Crippen molar-refractivity contribution >= 4 is 15.6 Å². The van der Waals surface area contributed by atoms with Crippen LogP contribution in [0, 0.1) is 0 Å². The molecular formula is C27H32F4N10O2S. The van der Waals surface area contributed by atoms with E-state index in [1.807, 2.05) is 0 Å². The second-order valence-corrected chi connectivity index (χ2v) is 13.3. The molecule has 0 aromatic carbocycles. The Morgan fingerprint density at radius 1 is 1.14 bits per heavy atom. The van der Waals surface area contributed by atoms with E-state index < -0.39 is 40.5 Å². The molecule has 2 saturated carbocycles. The van der Waals surface area contributed by atoms with E-state index in [2.05, 4.69) is 36.1 Å². The predicted molar refractivity (Wildman–Crippen MR) is 152 cm³/mol. The molecule has 0 saturated heterocycles. The summed E-state index contributed by atoms with van der Waals surface area (Å²) in [5.74, 6) is 0.208. The largest absolute Gasteiger partial charge is 0.382 e. The third kappa shape index (κ3) is 6.34. The molecule has 0 spiro atoms. The Morgan fingerprint density at radius 3 is 2.66 bits per heavy atom. The van der Waals surface area contributed by atoms with Crippen LogP contribution in [0.2, 0.25) is 0 Å². The van der Waals surface area contributed by atoms with E-state index in [1.54, 1.807) is 18.3 Å². The first-order valence-electron chi connectivity index (χ1n) is 14.3. The molecule has 3 atom stereocenters. The summed E-state index contributed by atoms with van der Waals surface area (Å²) in [6.07, 6.45) is 10.3. The Kier molecular flexibility index (Phi) is 8.19. The molecule has 3 aliphatic rings. The van der Waals surface area contributed by atoms with E-state index in [1.165, 1.54) is 30.9 Å². The van der Waals surface area contributed by atoms with Crippen LogP contribution in [-0.2, 0) is 15.7 Å². The Bertz CT molecular complexity index is 1670. The molecule has 2 aliphatic carbocycles. The number of nitrogens with two attached hydrogens (primary N) is 1. The van der Waals surface area contributed by atoms with Crippen LogP contribution < -0.4 is 21.7 Å². The summed E-state index contributed by atoms with van der Waals surface area (Å²) in [4.78, 5) is 8.89. The second kappa shape index (κ2) is 11.9. The number of aromatic nitrogens is 6. The summed E-state index contributed by atoms with van der Waals surface area (Å²) in [6, 6.07) is 2.83. The molecule has 44 heavy (non-hydrogen) atoms. The minimum atomic E-state index is -3.57. The SMILES string of the molecule is NC1(c2ccnc(-c3cnn(S(=O)(=O)C4CC4)c3)n2)C=C(NC2CCCC(NCC(F)F)C2)C(c2ccn(C(F)F)n2)=CN1. The summed E-state index contributed by atoms with van der Waals surface area (Å²) >= 11 is 0. The normalized spacial score (nSPS) is 24.2. The fraction of sp³-hybridized carbons (Fsp3) is 0.481. The standard InChI is InChI=1S/C27H32F4N10O2S/c28-24(29)14-34-17-2-1-3-18(10-17)37-22-11-27(32,35-13-20(22)21-7-9-40(39-21)26(30)31)23-6-8-33-25(38-23)16-12-36-41(15-16)44(42,43)19-4-5-19/h6-9,11-13,15,17-19,24,26,34-35,37H,1-5,10,14,32H2. The predicted octanol–water partition coefficient (Wildman–Crippen LogP) is 2.67. The summed E-state index contributed by atoms with van der Waals surface area (Å²) < 4.78 is 78.9. The molecule has 1 aliphatic heterocycles. The fourth-order valence-corrected chi connectivity index (χ4v) is 6.95. The fourth-order valence-electron chi connectivity index (χ4n) is 5.47. The zero-order chi connectivity index (χ0) is 31.1. The van der Waals surface area contributed by atoms with Gasteiger partial charge in [-0.2, -0.15) is 23.1 Å². The summed E-state index contributed by atoms with van der Waals surface area (Å²) in [5.41, 5.74) is 7.42. The molecule has 3 unspecified atom stereocenters. The zero-order valence-electron chi connectivity index (χ0n) is 23.5. The van der Waals surface area contributed by atoms with Gasteiger partial charge in [0.15, 0.2) is 11.5 Å². The van der Waals surface area contributed by atoms with Crippen LogP contribution in [0.15, 0.2) is 54.9 Å². The topological polar surface area (TPSA) is 158 Å². The first kappa shape index (κ1) is 30.2. The first-order valence-corrected chi connectivity index (χ1v) is 15.8. The monoisotopic (exact) mass is 636 g/mol. The van der Waals surface area contributed by atoms with Gasteiger partial charge in [0.05, 0.1) is 41.1 Å². The summed E-state index contributed by atoms with van der Waals surface area (Å²) in [5, 5.41) is 17.0. The Labute approximate surface area is 250 Å². The van der Waals surface area contributed by atoms with Crippen molar-refractivity contribution in [2.24, 2.45) is 5.73 Å². The smallest absolute Gasteiger partial charge is 0.333 e. The van der Waals surface area contributed by atoms with E-state index in [0.717, 1.165) is 23.3 Å². The first-order chi connectivity index (χ1) is 21.0. The molecule has 12 nitrogen and oxygen atoms in total. The van der Waals surface area contributed by atoms with Crippen molar-refractivity contribution in [1.82, 2.24) is 44.9 Å². The number of rotatable bonds is 11. The van der Waals surface area contributed by atoms with Gasteiger partial charge in [0, 0.05) is 41.9 Å². The van der Waals surface area contributed by atoms with Gasteiger partial charge in [-0.05, 0) is 56.7 Å². The molecule has 0 amide bonds. The van der Waals surface area contributed by atoms with Gasteiger partial charge in [-0.25, -0.2) is 31.8 Å². The van der Waals surface area contributed by atoms with E-state index in [0.29, 0.717) is 46.5 Å². The van der Waals surface area contributed by atoms with Crippen LogP contribution in [0.25, 0.3) is 17.0 Å². The molecule has 17 heteroatoms. The van der Waals surface area contributed by atoms with Crippen LogP contribution in [0.3, 0.4) is 0 Å². The van der Waals surface area contributed by atoms with E-state index in [9.17, 15) is 26.0 Å². The number of nitrogens with zero attached hydrogens (tertiary/aromatic N) is 6. The van der Waals surface area contributed by atoms with Gasteiger partial charge in [-0.15, -0.1) is 0 Å². The quantitative estimate of drug-likeness (QED) is 0.231. The molecule has 0 bridgehead atoms. The maximum Gasteiger partial charge on any atom is 0.333 e. The van der Waals surface area contributed by atoms with Crippen molar-refractivity contribution in [2.75, 3.05) is 6.54 Å². The lowest BCUT2D eigenvalue weighted by Gasteiger charge is -2.36. The van der Waals surface area contributed by atoms with Crippen molar-refractivity contribution in [1.29, 1.82) is 0 Å². The number of hydrogen-bond donors (Lipinski definition) is 4. The van der Waals surface area contributed by atoms with Crippen molar-refractivity contribution in [3.63, 3.8) is 0 Å². The van der Waals surface area contributed by atoms with Crippen molar-refractivity contribution in [3.05, 3.63) is 66.3 Å². The lowest BCUT2D eigenvalue weighted by molar-refractivity contribution is 0.0565. The molecule has 6 rings (SSSR count). The van der Waals surface area contributed by atoms with Gasteiger partial charge in [-0.1, -0.05) is 0 Å². The molecule has 5 N–H and O–H groups in total. The number of nitrogens with one attached hydrogen (secondary N) is 3. The average Bonchev–Trinajstić information content (AvgIpc) is 3.53. The molecular weight excluding hydrogens is 604 g/mol. The van der Waals surface area contributed by atoms with Crippen molar-refractivity contribution < 1.29 is 26.0 Å². The Morgan fingerprint density at radius 2 is 1.93 bits per heavy atom. The highest BCUT2D eigenvalue weighted by atomic mass is 32.2. The number of alkyl halides is 4. The molecule has 2 fully saturated rings. The molecule has 236 valence electrons. The lowest BCUT2D eigenvalue weighted by atomic mass is 9.89. The van der Waals surface area contributed by atoms with Crippen LogP contribution >= 0.6 is 0 Å². The van der Waals surface area contributed by atoms with Gasteiger partial charge in [0.25, 0.3) is 16.4 Å². The minimum absolute atomic E-state index is 0.111. The summed E-state index contributed by atoms with van der Waals surface area (Å²) in [6.45, 7) is -3.22. The molecule has 4 heterocycles. The number of allylic oxidation sites excluding steroid dienone is 1. The third-order valence-electron chi connectivity index (χ3n) is 7.90. The Balaban J connectivity index is 1.29. The second-order valence-electron chi connectivity index (χ2n) is 11.2. The number of hydrogen-bond acceptors (Lipinski definition) is 10. The van der Waals surface area contributed by atoms with Gasteiger partial charge in [0.1, 0.15) is 0 Å². The van der Waals surface area contributed by atoms with Crippen LogP contribution in [0.1, 0.15) is 56.5 Å². The lowest BCUT2D eigenvalue weighted by Crippen LogP contribution is -2.51. The van der Waals surface area contributed by atoms with E-state index >= 15 is 0 Å². The Hall–Kier alpha value is -3.83. The van der Waals surface area contributed by atoms with Crippen molar-refractivity contribution in [3.8, 4) is 11.4 Å². The number of halogens is 4. The maximum absolute atomic E-state index is 13.3. The highest BCUT2D eigenvalue weighted by Crippen LogP contribution is 2.33. The van der Waals surface area contributed by atoms with E-state index in [4.69, 9.17) is 5.73 Å². The van der Waals surface area contributed by atoms with Gasteiger partial charge in [-0.3, -0.25) is 0 Å². The van der Waals surface area contributed by atoms with Gasteiger partial charge >= 0.3 is 6.55 Å². The van der Waals surface area contributed by atoms with Crippen LogP contribution in [-0.4, -0.2) is 67.7 Å². The van der Waals surface area contributed by atoms with Gasteiger partial charge in [0.2, 0.25) is 0 Å². The molecule has 3 aromatic heterocycles. The van der Waals surface area contributed by atoms with Crippen LogP contribution in [0.4, 0.5) is 17.6 Å². The summed E-state index contributed by atoms with van der Waals surface area (Å²) in [7, 11) is -3.57. The molecule has 0 radical (unpaired) electrons. The van der Waals surface area contributed by atoms with E-state index in [-0.39, 0.29) is 23.6 Å². The third-order valence-corrected chi connectivity index (χ3v) is 9.94. The minimum Gasteiger partial charge on any atom is -0.382 e. The van der Waals surface area contributed by atoms with Crippen molar-refractivity contribution in [2.45, 2.75) is 74.5 Å². The molecule has 3 aromatic rings. The highest BCUT2D eigenvalue weighted by Gasteiger charge is 2.38. The maximum atomic E-state index is 13.3. The average molecular weight is 637 g/mol. The highest BCUT2D eigenvalue weighted by molar-refractivity contribution is 7.90. The zero-order valence-corrected chi connectivity index (χ0v) is 24.3. The number of dihydropyridines is 1. The van der Waals surface area contributed by atoms with Gasteiger partial charge < -0.3 is 21.7 Å². The van der Waals surface area contributed by atoms with Crippen LogP contribution in [0.5, 0.6) is 0 Å².